The summed E-state index contributed by atoms with van der Waals surface area (Å²) in [7, 11) is 0. The molecule has 0 saturated heterocycles. The zero-order valence-corrected chi connectivity index (χ0v) is 39.7. The van der Waals surface area contributed by atoms with Crippen LogP contribution in [-0.2, 0) is 14.3 Å². The fraction of sp³-hybridized carbons (Fsp3) is 0.925. The first-order valence-electron chi connectivity index (χ1n) is 26.5. The molecule has 0 aliphatic heterocycles. The summed E-state index contributed by atoms with van der Waals surface area (Å²) >= 11 is 0. The molecule has 3 N–H and O–H groups in total. The number of aliphatic hydroxyl groups excluding tert-OH is 2. The Morgan fingerprint density at radius 1 is 0.458 bits per heavy atom. The Kier molecular flexibility index (Phi) is 48.1. The lowest BCUT2D eigenvalue weighted by atomic mass is 10.0. The van der Waals surface area contributed by atoms with Gasteiger partial charge in [-0.25, -0.2) is 0 Å². The predicted octanol–water partition coefficient (Wildman–Crippen LogP) is 15.7. The molecule has 0 rings (SSSR count). The highest BCUT2D eigenvalue weighted by Crippen LogP contribution is 2.17. The lowest BCUT2D eigenvalue weighted by Crippen LogP contribution is -2.45. The molecule has 0 aliphatic carbocycles. The van der Waals surface area contributed by atoms with Crippen molar-refractivity contribution in [2.45, 2.75) is 302 Å². The number of unbranched alkanes of at least 4 members (excludes halogenated alkanes) is 38. The Morgan fingerprint density at radius 3 is 1.15 bits per heavy atom. The van der Waals surface area contributed by atoms with E-state index in [0.717, 1.165) is 44.9 Å². The first-order valence-corrected chi connectivity index (χ1v) is 26.5. The van der Waals surface area contributed by atoms with Gasteiger partial charge in [-0.15, -0.1) is 0 Å². The topological polar surface area (TPSA) is 95.9 Å². The second kappa shape index (κ2) is 49.3. The first-order chi connectivity index (χ1) is 29.0. The van der Waals surface area contributed by atoms with Gasteiger partial charge in [0.15, 0.2) is 0 Å². The summed E-state index contributed by atoms with van der Waals surface area (Å²) in [5, 5.41) is 22.9. The molecule has 0 bridgehead atoms. The normalized spacial score (nSPS) is 12.7. The minimum Gasteiger partial charge on any atom is -0.466 e. The zero-order chi connectivity index (χ0) is 43.0. The smallest absolute Gasteiger partial charge is 0.305 e. The molecule has 0 heterocycles. The molecule has 0 radical (unpaired) electrons. The molecule has 350 valence electrons. The number of esters is 1. The van der Waals surface area contributed by atoms with E-state index in [-0.39, 0.29) is 18.5 Å². The Balaban J connectivity index is 3.39. The summed E-state index contributed by atoms with van der Waals surface area (Å²) < 4.78 is 5.48. The maximum absolute atomic E-state index is 12.4. The zero-order valence-electron chi connectivity index (χ0n) is 39.7. The standard InChI is InChI=1S/C53H103NO5/c1-3-5-7-9-11-13-14-15-16-17-18-21-24-27-31-35-39-43-47-53(58)59-48-44-40-36-32-28-25-22-19-20-23-26-30-34-38-42-46-52(57)54-50(49-55)51(56)45-41-37-33-29-12-10-8-6-4-2/h41,45,50-51,55-56H,3-40,42-44,46-49H2,1-2H3,(H,54,57)/b45-41+. The van der Waals surface area contributed by atoms with Crippen LogP contribution in [0.1, 0.15) is 290 Å². The lowest BCUT2D eigenvalue weighted by Gasteiger charge is -2.20. The average molecular weight is 834 g/mol. The molecular formula is C53H103NO5. The number of ether oxygens (including phenoxy) is 1. The third-order valence-electron chi connectivity index (χ3n) is 12.3. The van der Waals surface area contributed by atoms with Crippen LogP contribution in [0.3, 0.4) is 0 Å². The number of allylic oxidation sites excluding steroid dienone is 1. The predicted molar refractivity (Wildman–Crippen MR) is 255 cm³/mol. The van der Waals surface area contributed by atoms with Gasteiger partial charge >= 0.3 is 5.97 Å². The molecule has 0 fully saturated rings. The van der Waals surface area contributed by atoms with Gasteiger partial charge in [0, 0.05) is 12.8 Å². The van der Waals surface area contributed by atoms with Gasteiger partial charge < -0.3 is 20.3 Å². The fourth-order valence-electron chi connectivity index (χ4n) is 8.22. The molecule has 0 aromatic rings. The Hall–Kier alpha value is -1.40. The van der Waals surface area contributed by atoms with Crippen molar-refractivity contribution in [3.63, 3.8) is 0 Å². The van der Waals surface area contributed by atoms with E-state index in [9.17, 15) is 19.8 Å². The molecule has 6 nitrogen and oxygen atoms in total. The van der Waals surface area contributed by atoms with E-state index < -0.39 is 12.1 Å². The summed E-state index contributed by atoms with van der Waals surface area (Å²) in [6, 6.07) is -0.631. The van der Waals surface area contributed by atoms with Gasteiger partial charge in [-0.2, -0.15) is 0 Å². The highest BCUT2D eigenvalue weighted by atomic mass is 16.5. The molecule has 6 heteroatoms. The van der Waals surface area contributed by atoms with Crippen LogP contribution in [-0.4, -0.2) is 47.4 Å². The maximum atomic E-state index is 12.4. The monoisotopic (exact) mass is 834 g/mol. The molecule has 2 unspecified atom stereocenters. The van der Waals surface area contributed by atoms with Crippen LogP contribution < -0.4 is 5.32 Å². The van der Waals surface area contributed by atoms with Crippen LogP contribution in [0.2, 0.25) is 0 Å². The van der Waals surface area contributed by atoms with E-state index in [4.69, 9.17) is 4.74 Å². The van der Waals surface area contributed by atoms with Gasteiger partial charge in [-0.3, -0.25) is 9.59 Å². The fourth-order valence-corrected chi connectivity index (χ4v) is 8.22. The van der Waals surface area contributed by atoms with Gasteiger partial charge in [0.25, 0.3) is 0 Å². The number of aliphatic hydroxyl groups is 2. The SMILES string of the molecule is CCCCCCCCC/C=C/C(O)C(CO)NC(=O)CCCCCCCCCCCCCCCCCOC(=O)CCCCCCCCCCCCCCCCCCCC. The summed E-state index contributed by atoms with van der Waals surface area (Å²) in [6.45, 7) is 4.87. The van der Waals surface area contributed by atoms with Crippen molar-refractivity contribution in [2.75, 3.05) is 13.2 Å². The summed E-state index contributed by atoms with van der Waals surface area (Å²) in [5.74, 6) is -0.0747. The number of carbonyl (C=O) groups excluding carboxylic acids is 2. The number of amides is 1. The van der Waals surface area contributed by atoms with Crippen molar-refractivity contribution in [1.82, 2.24) is 5.32 Å². The molecule has 59 heavy (non-hydrogen) atoms. The summed E-state index contributed by atoms with van der Waals surface area (Å²) in [6.07, 6.45) is 56.5. The summed E-state index contributed by atoms with van der Waals surface area (Å²) in [4.78, 5) is 24.4. The van der Waals surface area contributed by atoms with Crippen LogP contribution in [0.15, 0.2) is 12.2 Å². The van der Waals surface area contributed by atoms with Gasteiger partial charge in [0.2, 0.25) is 5.91 Å². The van der Waals surface area contributed by atoms with E-state index in [1.807, 2.05) is 6.08 Å². The molecule has 0 aromatic carbocycles. The average Bonchev–Trinajstić information content (AvgIpc) is 3.24. The van der Waals surface area contributed by atoms with Crippen LogP contribution in [0, 0.1) is 0 Å². The largest absolute Gasteiger partial charge is 0.466 e. The number of hydrogen-bond acceptors (Lipinski definition) is 5. The van der Waals surface area contributed by atoms with Gasteiger partial charge in [0.1, 0.15) is 0 Å². The number of nitrogens with one attached hydrogen (secondary N) is 1. The third kappa shape index (κ3) is 45.9. The molecule has 0 saturated carbocycles. The highest BCUT2D eigenvalue weighted by molar-refractivity contribution is 5.76. The van der Waals surface area contributed by atoms with E-state index in [1.54, 1.807) is 6.08 Å². The van der Waals surface area contributed by atoms with Crippen molar-refractivity contribution in [3.05, 3.63) is 12.2 Å². The van der Waals surface area contributed by atoms with Crippen LogP contribution in [0.5, 0.6) is 0 Å². The van der Waals surface area contributed by atoms with Crippen molar-refractivity contribution < 1.29 is 24.5 Å². The van der Waals surface area contributed by atoms with Crippen molar-refractivity contribution in [1.29, 1.82) is 0 Å². The number of rotatable bonds is 49. The number of carbonyl (C=O) groups is 2. The van der Waals surface area contributed by atoms with Crippen molar-refractivity contribution >= 4 is 11.9 Å². The molecular weight excluding hydrogens is 731 g/mol. The lowest BCUT2D eigenvalue weighted by molar-refractivity contribution is -0.143. The third-order valence-corrected chi connectivity index (χ3v) is 12.3. The van der Waals surface area contributed by atoms with E-state index >= 15 is 0 Å². The Morgan fingerprint density at radius 2 is 0.780 bits per heavy atom. The maximum Gasteiger partial charge on any atom is 0.305 e. The van der Waals surface area contributed by atoms with Crippen molar-refractivity contribution in [3.8, 4) is 0 Å². The van der Waals surface area contributed by atoms with Gasteiger partial charge in [-0.1, -0.05) is 257 Å². The Bertz CT molecular complexity index is 878. The highest BCUT2D eigenvalue weighted by Gasteiger charge is 2.18. The molecule has 0 aromatic heterocycles. The van der Waals surface area contributed by atoms with Crippen LogP contribution >= 0.6 is 0 Å². The summed E-state index contributed by atoms with van der Waals surface area (Å²) in [5.41, 5.74) is 0. The van der Waals surface area contributed by atoms with E-state index in [0.29, 0.717) is 19.4 Å². The van der Waals surface area contributed by atoms with Crippen LogP contribution in [0.25, 0.3) is 0 Å². The minimum absolute atomic E-state index is 0.00365. The van der Waals surface area contributed by atoms with E-state index in [1.165, 1.54) is 218 Å². The van der Waals surface area contributed by atoms with E-state index in [2.05, 4.69) is 19.2 Å². The quantitative estimate of drug-likeness (QED) is 0.0322. The number of hydrogen-bond donors (Lipinski definition) is 3. The Labute approximate surface area is 368 Å². The second-order valence-electron chi connectivity index (χ2n) is 18.2. The molecule has 2 atom stereocenters. The molecule has 0 spiro atoms. The second-order valence-corrected chi connectivity index (χ2v) is 18.2. The van der Waals surface area contributed by atoms with Crippen LogP contribution in [0.4, 0.5) is 0 Å². The van der Waals surface area contributed by atoms with Gasteiger partial charge in [-0.05, 0) is 32.1 Å². The molecule has 0 aliphatic rings. The van der Waals surface area contributed by atoms with Crippen molar-refractivity contribution in [2.24, 2.45) is 0 Å². The first kappa shape index (κ1) is 57.6. The molecule has 1 amide bonds. The minimum atomic E-state index is -0.846. The van der Waals surface area contributed by atoms with Gasteiger partial charge in [0.05, 0.1) is 25.4 Å².